The normalized spacial score (nSPS) is 19.5. The molecular weight excluding hydrogens is 332 g/mol. The van der Waals surface area contributed by atoms with Gasteiger partial charge in [-0.05, 0) is 52.9 Å². The van der Waals surface area contributed by atoms with Gasteiger partial charge in [-0.1, -0.05) is 0 Å². The molecule has 0 bridgehead atoms. The summed E-state index contributed by atoms with van der Waals surface area (Å²) in [5, 5.41) is 3.36. The van der Waals surface area contributed by atoms with Crippen molar-refractivity contribution in [3.8, 4) is 0 Å². The van der Waals surface area contributed by atoms with Crippen molar-refractivity contribution in [2.75, 3.05) is 46.9 Å². The third kappa shape index (κ3) is 5.49. The summed E-state index contributed by atoms with van der Waals surface area (Å²) >= 11 is 0. The quantitative estimate of drug-likeness (QED) is 0.454. The molecule has 146 valence electrons. The molecule has 0 spiro atoms. The van der Waals surface area contributed by atoms with Crippen LogP contribution in [0.3, 0.4) is 0 Å². The third-order valence-corrected chi connectivity index (χ3v) is 4.58. The average molecular weight is 364 g/mol. The summed E-state index contributed by atoms with van der Waals surface area (Å²) in [5.74, 6) is 1.56. The van der Waals surface area contributed by atoms with Gasteiger partial charge in [0, 0.05) is 19.6 Å². The SMILES string of the molecule is CCNC(=NCC(c1ccco1)N(C)C)N1CCCC(C(=O)OCC)C1. The van der Waals surface area contributed by atoms with Crippen LogP contribution >= 0.6 is 0 Å². The van der Waals surface area contributed by atoms with E-state index in [-0.39, 0.29) is 17.9 Å². The maximum absolute atomic E-state index is 12.1. The smallest absolute Gasteiger partial charge is 0.310 e. The van der Waals surface area contributed by atoms with Crippen LogP contribution in [0.5, 0.6) is 0 Å². The molecule has 1 saturated heterocycles. The van der Waals surface area contributed by atoms with E-state index in [1.54, 1.807) is 6.26 Å². The van der Waals surface area contributed by atoms with Gasteiger partial charge in [0.2, 0.25) is 0 Å². The van der Waals surface area contributed by atoms with Gasteiger partial charge in [0.15, 0.2) is 5.96 Å². The topological polar surface area (TPSA) is 70.3 Å². The Bertz CT molecular complexity index is 571. The van der Waals surface area contributed by atoms with Gasteiger partial charge in [0.05, 0.1) is 31.4 Å². The molecule has 2 rings (SSSR count). The Labute approximate surface area is 156 Å². The first-order chi connectivity index (χ1) is 12.6. The molecule has 1 aromatic rings. The molecule has 0 saturated carbocycles. The van der Waals surface area contributed by atoms with Crippen molar-refractivity contribution >= 4 is 11.9 Å². The fraction of sp³-hybridized carbons (Fsp3) is 0.684. The summed E-state index contributed by atoms with van der Waals surface area (Å²) in [4.78, 5) is 21.2. The molecule has 2 atom stereocenters. The number of carbonyl (C=O) groups excluding carboxylic acids is 1. The average Bonchev–Trinajstić information content (AvgIpc) is 3.15. The Morgan fingerprint density at radius 3 is 2.92 bits per heavy atom. The lowest BCUT2D eigenvalue weighted by Crippen LogP contribution is -2.48. The van der Waals surface area contributed by atoms with Gasteiger partial charge in [-0.3, -0.25) is 14.7 Å². The van der Waals surface area contributed by atoms with Gasteiger partial charge in [-0.15, -0.1) is 0 Å². The molecule has 2 heterocycles. The van der Waals surface area contributed by atoms with Gasteiger partial charge < -0.3 is 19.4 Å². The number of furan rings is 1. The number of aliphatic imine (C=N–C) groups is 1. The lowest BCUT2D eigenvalue weighted by molar-refractivity contribution is -0.149. The minimum atomic E-state index is -0.102. The van der Waals surface area contributed by atoms with Crippen LogP contribution in [-0.4, -0.2) is 68.6 Å². The molecule has 1 aliphatic heterocycles. The number of rotatable bonds is 7. The lowest BCUT2D eigenvalue weighted by atomic mass is 9.98. The number of nitrogens with zero attached hydrogens (tertiary/aromatic N) is 3. The first-order valence-corrected chi connectivity index (χ1v) is 9.46. The van der Waals surface area contributed by atoms with Crippen LogP contribution in [0.2, 0.25) is 0 Å². The van der Waals surface area contributed by atoms with E-state index in [2.05, 4.69) is 22.0 Å². The van der Waals surface area contributed by atoms with Crippen molar-refractivity contribution < 1.29 is 13.9 Å². The number of hydrogen-bond acceptors (Lipinski definition) is 5. The van der Waals surface area contributed by atoms with Gasteiger partial charge in [-0.25, -0.2) is 0 Å². The van der Waals surface area contributed by atoms with Crippen molar-refractivity contribution in [1.82, 2.24) is 15.1 Å². The Morgan fingerprint density at radius 1 is 1.50 bits per heavy atom. The zero-order valence-electron chi connectivity index (χ0n) is 16.4. The first-order valence-electron chi connectivity index (χ1n) is 9.46. The van der Waals surface area contributed by atoms with E-state index >= 15 is 0 Å². The fourth-order valence-corrected chi connectivity index (χ4v) is 3.21. The minimum Gasteiger partial charge on any atom is -0.468 e. The summed E-state index contributed by atoms with van der Waals surface area (Å²) in [5.41, 5.74) is 0. The second-order valence-electron chi connectivity index (χ2n) is 6.73. The van der Waals surface area contributed by atoms with E-state index in [1.807, 2.05) is 33.2 Å². The van der Waals surface area contributed by atoms with Crippen LogP contribution in [0.4, 0.5) is 0 Å². The van der Waals surface area contributed by atoms with E-state index in [9.17, 15) is 4.79 Å². The summed E-state index contributed by atoms with van der Waals surface area (Å²) < 4.78 is 10.8. The molecule has 0 aromatic carbocycles. The van der Waals surface area contributed by atoms with E-state index in [0.29, 0.717) is 19.7 Å². The molecule has 0 radical (unpaired) electrons. The predicted molar refractivity (Wildman–Crippen MR) is 102 cm³/mol. The maximum Gasteiger partial charge on any atom is 0.310 e. The van der Waals surface area contributed by atoms with Crippen LogP contribution in [0.25, 0.3) is 0 Å². The molecule has 26 heavy (non-hydrogen) atoms. The van der Waals surface area contributed by atoms with Crippen LogP contribution in [0.15, 0.2) is 27.8 Å². The largest absolute Gasteiger partial charge is 0.468 e. The Hall–Kier alpha value is -2.02. The molecule has 1 aliphatic rings. The number of nitrogens with one attached hydrogen (secondary N) is 1. The molecule has 7 nitrogen and oxygen atoms in total. The summed E-state index contributed by atoms with van der Waals surface area (Å²) in [7, 11) is 4.04. The van der Waals surface area contributed by atoms with Crippen LogP contribution < -0.4 is 5.32 Å². The summed E-state index contributed by atoms with van der Waals surface area (Å²) in [6.07, 6.45) is 3.53. The minimum absolute atomic E-state index is 0.0734. The third-order valence-electron chi connectivity index (χ3n) is 4.58. The number of ether oxygens (including phenoxy) is 1. The van der Waals surface area contributed by atoms with E-state index in [4.69, 9.17) is 14.1 Å². The molecule has 0 aliphatic carbocycles. The highest BCUT2D eigenvalue weighted by Gasteiger charge is 2.28. The fourth-order valence-electron chi connectivity index (χ4n) is 3.21. The van der Waals surface area contributed by atoms with E-state index < -0.39 is 0 Å². The van der Waals surface area contributed by atoms with Gasteiger partial charge >= 0.3 is 5.97 Å². The Balaban J connectivity index is 2.08. The van der Waals surface area contributed by atoms with Crippen molar-refractivity contribution in [1.29, 1.82) is 0 Å². The lowest BCUT2D eigenvalue weighted by Gasteiger charge is -2.34. The monoisotopic (exact) mass is 364 g/mol. The predicted octanol–water partition coefficient (Wildman–Crippen LogP) is 2.12. The molecule has 1 fully saturated rings. The summed E-state index contributed by atoms with van der Waals surface area (Å²) in [6, 6.07) is 3.95. The molecule has 0 amide bonds. The van der Waals surface area contributed by atoms with Gasteiger partial charge in [0.25, 0.3) is 0 Å². The molecule has 2 unspecified atom stereocenters. The number of carbonyl (C=O) groups is 1. The number of likely N-dealkylation sites (N-methyl/N-ethyl adjacent to an activating group) is 1. The number of piperidine rings is 1. The highest BCUT2D eigenvalue weighted by molar-refractivity contribution is 5.81. The molecule has 1 aromatic heterocycles. The zero-order valence-corrected chi connectivity index (χ0v) is 16.4. The first kappa shape index (κ1) is 20.3. The van der Waals surface area contributed by atoms with E-state index in [1.165, 1.54) is 0 Å². The van der Waals surface area contributed by atoms with Gasteiger partial charge in [-0.2, -0.15) is 0 Å². The number of esters is 1. The standard InChI is InChI=1S/C19H32N4O3/c1-5-20-19(21-13-16(22(3)4)17-10-8-12-26-17)23-11-7-9-15(14-23)18(24)25-6-2/h8,10,12,15-16H,5-7,9,11,13-14H2,1-4H3,(H,20,21). The van der Waals surface area contributed by atoms with E-state index in [0.717, 1.165) is 37.7 Å². The number of likely N-dealkylation sites (tertiary alicyclic amines) is 1. The Kier molecular flexibility index (Phi) is 7.97. The molecular formula is C19H32N4O3. The van der Waals surface area contributed by atoms with Crippen molar-refractivity contribution in [2.45, 2.75) is 32.7 Å². The van der Waals surface area contributed by atoms with Crippen molar-refractivity contribution in [3.63, 3.8) is 0 Å². The van der Waals surface area contributed by atoms with Crippen molar-refractivity contribution in [3.05, 3.63) is 24.2 Å². The maximum atomic E-state index is 12.1. The van der Waals surface area contributed by atoms with Gasteiger partial charge in [0.1, 0.15) is 5.76 Å². The second-order valence-corrected chi connectivity index (χ2v) is 6.73. The Morgan fingerprint density at radius 2 is 2.31 bits per heavy atom. The van der Waals surface area contributed by atoms with Crippen molar-refractivity contribution in [2.24, 2.45) is 10.9 Å². The number of guanidine groups is 1. The zero-order chi connectivity index (χ0) is 18.9. The number of hydrogen-bond donors (Lipinski definition) is 1. The van der Waals surface area contributed by atoms with Crippen LogP contribution in [0.1, 0.15) is 38.5 Å². The van der Waals surface area contributed by atoms with Crippen LogP contribution in [-0.2, 0) is 9.53 Å². The van der Waals surface area contributed by atoms with Crippen LogP contribution in [0, 0.1) is 5.92 Å². The highest BCUT2D eigenvalue weighted by atomic mass is 16.5. The molecule has 7 heteroatoms. The summed E-state index contributed by atoms with van der Waals surface area (Å²) in [6.45, 7) is 7.25. The molecule has 1 N–H and O–H groups in total. The highest BCUT2D eigenvalue weighted by Crippen LogP contribution is 2.21. The second kappa shape index (κ2) is 10.2.